The highest BCUT2D eigenvalue weighted by atomic mass is 79.9. The number of anilines is 1. The molecule has 1 aliphatic heterocycles. The third-order valence-electron chi connectivity index (χ3n) is 4.70. The number of hydrogen-bond acceptors (Lipinski definition) is 6. The minimum absolute atomic E-state index is 0.0628. The first-order chi connectivity index (χ1) is 14.1. The van der Waals surface area contributed by atoms with E-state index in [0.717, 1.165) is 6.42 Å². The number of nitrogens with zero attached hydrogens (tertiary/aromatic N) is 4. The Morgan fingerprint density at radius 1 is 1.31 bits per heavy atom. The van der Waals surface area contributed by atoms with Crippen molar-refractivity contribution >= 4 is 27.7 Å². The number of rotatable bonds is 6. The zero-order valence-electron chi connectivity index (χ0n) is 16.5. The average Bonchev–Trinajstić information content (AvgIpc) is 2.77. The number of amides is 1. The minimum Gasteiger partial charge on any atom is -0.493 e. The van der Waals surface area contributed by atoms with Crippen molar-refractivity contribution in [3.8, 4) is 17.6 Å². The number of halogens is 1. The van der Waals surface area contributed by atoms with Crippen molar-refractivity contribution in [2.75, 3.05) is 44.8 Å². The molecule has 0 aliphatic carbocycles. The van der Waals surface area contributed by atoms with Crippen molar-refractivity contribution in [3.63, 3.8) is 0 Å². The van der Waals surface area contributed by atoms with Gasteiger partial charge < -0.3 is 19.3 Å². The number of ether oxygens (including phenoxy) is 2. The number of carbonyl (C=O) groups excluding carboxylic acids is 1. The van der Waals surface area contributed by atoms with Crippen LogP contribution in [0.15, 0.2) is 34.9 Å². The normalized spacial score (nSPS) is 13.7. The monoisotopic (exact) mass is 458 g/mol. The summed E-state index contributed by atoms with van der Waals surface area (Å²) in [6.07, 6.45) is 2.56. The summed E-state index contributed by atoms with van der Waals surface area (Å²) in [5.74, 6) is 1.74. The summed E-state index contributed by atoms with van der Waals surface area (Å²) in [6.45, 7) is 4.94. The summed E-state index contributed by atoms with van der Waals surface area (Å²) in [6, 6.07) is 9.17. The average molecular weight is 459 g/mol. The van der Waals surface area contributed by atoms with Gasteiger partial charge in [-0.15, -0.1) is 0 Å². The molecule has 0 saturated carbocycles. The molecule has 0 unspecified atom stereocenters. The topological polar surface area (TPSA) is 78.7 Å². The second-order valence-electron chi connectivity index (χ2n) is 6.60. The maximum Gasteiger partial charge on any atom is 0.254 e. The van der Waals surface area contributed by atoms with Crippen molar-refractivity contribution in [2.24, 2.45) is 0 Å². The summed E-state index contributed by atoms with van der Waals surface area (Å²) in [5.41, 5.74) is 1.09. The Hall–Kier alpha value is -2.79. The van der Waals surface area contributed by atoms with E-state index < -0.39 is 0 Å². The lowest BCUT2D eigenvalue weighted by molar-refractivity contribution is 0.0746. The molecule has 2 aromatic rings. The van der Waals surface area contributed by atoms with Crippen LogP contribution in [0.5, 0.6) is 11.5 Å². The summed E-state index contributed by atoms with van der Waals surface area (Å²) in [7, 11) is 1.56. The number of methoxy groups -OCH3 is 1. The van der Waals surface area contributed by atoms with Gasteiger partial charge in [0.25, 0.3) is 5.91 Å². The molecule has 1 aromatic heterocycles. The predicted molar refractivity (Wildman–Crippen MR) is 114 cm³/mol. The number of hydrogen-bond donors (Lipinski definition) is 0. The first-order valence-corrected chi connectivity index (χ1v) is 10.3. The Balaban J connectivity index is 1.72. The van der Waals surface area contributed by atoms with Gasteiger partial charge in [-0.1, -0.05) is 6.92 Å². The van der Waals surface area contributed by atoms with Gasteiger partial charge in [-0.05, 0) is 46.6 Å². The second-order valence-corrected chi connectivity index (χ2v) is 7.46. The van der Waals surface area contributed by atoms with E-state index in [-0.39, 0.29) is 5.91 Å². The maximum absolute atomic E-state index is 13.0. The fourth-order valence-corrected chi connectivity index (χ4v) is 3.78. The zero-order chi connectivity index (χ0) is 20.8. The van der Waals surface area contributed by atoms with E-state index in [9.17, 15) is 10.1 Å². The van der Waals surface area contributed by atoms with Crippen molar-refractivity contribution in [1.29, 1.82) is 5.26 Å². The summed E-state index contributed by atoms with van der Waals surface area (Å²) in [4.78, 5) is 21.2. The first-order valence-electron chi connectivity index (χ1n) is 9.48. The van der Waals surface area contributed by atoms with Crippen LogP contribution in [0.2, 0.25) is 0 Å². The first kappa shape index (κ1) is 20.9. The van der Waals surface area contributed by atoms with Gasteiger partial charge in [0.2, 0.25) is 0 Å². The van der Waals surface area contributed by atoms with Crippen LogP contribution in [0.25, 0.3) is 0 Å². The SMILES string of the molecule is CCCOc1c(Br)cc(C(=O)N2CCN(c3ncccc3C#N)CC2)cc1OC. The van der Waals surface area contributed by atoms with Gasteiger partial charge in [-0.25, -0.2) is 4.98 Å². The summed E-state index contributed by atoms with van der Waals surface area (Å²) < 4.78 is 11.9. The van der Waals surface area contributed by atoms with E-state index in [0.29, 0.717) is 65.7 Å². The molecular formula is C21H23BrN4O3. The van der Waals surface area contributed by atoms with Gasteiger partial charge in [-0.3, -0.25) is 4.79 Å². The molecule has 1 fully saturated rings. The number of piperazine rings is 1. The zero-order valence-corrected chi connectivity index (χ0v) is 18.1. The highest BCUT2D eigenvalue weighted by Gasteiger charge is 2.25. The highest BCUT2D eigenvalue weighted by molar-refractivity contribution is 9.10. The maximum atomic E-state index is 13.0. The van der Waals surface area contributed by atoms with Crippen molar-refractivity contribution in [3.05, 3.63) is 46.1 Å². The van der Waals surface area contributed by atoms with Crippen molar-refractivity contribution in [1.82, 2.24) is 9.88 Å². The molecule has 8 heteroatoms. The minimum atomic E-state index is -0.0628. The Morgan fingerprint density at radius 3 is 2.72 bits per heavy atom. The molecule has 0 bridgehead atoms. The Morgan fingerprint density at radius 2 is 2.07 bits per heavy atom. The Kier molecular flexibility index (Phi) is 6.94. The molecular weight excluding hydrogens is 436 g/mol. The number of nitriles is 1. The molecule has 7 nitrogen and oxygen atoms in total. The van der Waals surface area contributed by atoms with E-state index in [2.05, 4.69) is 27.0 Å². The van der Waals surface area contributed by atoms with Gasteiger partial charge in [0, 0.05) is 37.9 Å². The summed E-state index contributed by atoms with van der Waals surface area (Å²) >= 11 is 3.49. The molecule has 0 atom stereocenters. The standard InChI is InChI=1S/C21H23BrN4O3/c1-3-11-29-19-17(22)12-16(13-18(19)28-2)21(27)26-9-7-25(8-10-26)20-15(14-23)5-4-6-24-20/h4-6,12-13H,3,7-11H2,1-2H3. The van der Waals surface area contributed by atoms with Gasteiger partial charge in [-0.2, -0.15) is 5.26 Å². The van der Waals surface area contributed by atoms with Crippen molar-refractivity contribution < 1.29 is 14.3 Å². The van der Waals surface area contributed by atoms with Crippen LogP contribution >= 0.6 is 15.9 Å². The predicted octanol–water partition coefficient (Wildman–Crippen LogP) is 3.48. The number of benzene rings is 1. The molecule has 1 saturated heterocycles. The van der Waals surface area contributed by atoms with Crippen LogP contribution in [0, 0.1) is 11.3 Å². The van der Waals surface area contributed by atoms with E-state index in [4.69, 9.17) is 9.47 Å². The molecule has 29 heavy (non-hydrogen) atoms. The lowest BCUT2D eigenvalue weighted by Crippen LogP contribution is -2.49. The second kappa shape index (κ2) is 9.61. The lowest BCUT2D eigenvalue weighted by Gasteiger charge is -2.35. The Bertz CT molecular complexity index is 921. The van der Waals surface area contributed by atoms with Crippen LogP contribution in [0.1, 0.15) is 29.3 Å². The lowest BCUT2D eigenvalue weighted by atomic mass is 10.1. The van der Waals surface area contributed by atoms with E-state index in [1.54, 1.807) is 42.5 Å². The number of aromatic nitrogens is 1. The van der Waals surface area contributed by atoms with Crippen molar-refractivity contribution in [2.45, 2.75) is 13.3 Å². The fourth-order valence-electron chi connectivity index (χ4n) is 3.23. The molecule has 2 heterocycles. The molecule has 1 amide bonds. The molecule has 0 spiro atoms. The van der Waals surface area contributed by atoms with E-state index in [1.807, 2.05) is 11.8 Å². The molecule has 0 N–H and O–H groups in total. The smallest absolute Gasteiger partial charge is 0.254 e. The molecule has 152 valence electrons. The number of carbonyl (C=O) groups is 1. The molecule has 0 radical (unpaired) electrons. The molecule has 1 aromatic carbocycles. The van der Waals surface area contributed by atoms with Gasteiger partial charge in [0.05, 0.1) is 23.8 Å². The van der Waals surface area contributed by atoms with Crippen LogP contribution in [-0.4, -0.2) is 55.7 Å². The Labute approximate surface area is 179 Å². The third-order valence-corrected chi connectivity index (χ3v) is 5.29. The third kappa shape index (κ3) is 4.62. The van der Waals surface area contributed by atoms with E-state index in [1.165, 1.54) is 0 Å². The van der Waals surface area contributed by atoms with Crippen LogP contribution < -0.4 is 14.4 Å². The molecule has 3 rings (SSSR count). The quantitative estimate of drug-likeness (QED) is 0.659. The van der Waals surface area contributed by atoms with Crippen LogP contribution in [0.3, 0.4) is 0 Å². The fraction of sp³-hybridized carbons (Fsp3) is 0.381. The van der Waals surface area contributed by atoms with Gasteiger partial charge in [0.1, 0.15) is 11.9 Å². The molecule has 1 aliphatic rings. The van der Waals surface area contributed by atoms with Crippen LogP contribution in [-0.2, 0) is 0 Å². The van der Waals surface area contributed by atoms with Crippen LogP contribution in [0.4, 0.5) is 5.82 Å². The summed E-state index contributed by atoms with van der Waals surface area (Å²) in [5, 5.41) is 9.28. The van der Waals surface area contributed by atoms with Gasteiger partial charge in [0.15, 0.2) is 11.5 Å². The highest BCUT2D eigenvalue weighted by Crippen LogP contribution is 2.37. The van der Waals surface area contributed by atoms with E-state index >= 15 is 0 Å². The largest absolute Gasteiger partial charge is 0.493 e. The van der Waals surface area contributed by atoms with Gasteiger partial charge >= 0.3 is 0 Å². The number of pyridine rings is 1.